The van der Waals surface area contributed by atoms with Crippen molar-refractivity contribution >= 4 is 17.7 Å². The molecule has 0 saturated heterocycles. The Morgan fingerprint density at radius 1 is 1.24 bits per heavy atom. The zero-order valence-corrected chi connectivity index (χ0v) is 13.3. The van der Waals surface area contributed by atoms with Gasteiger partial charge in [-0.3, -0.25) is 4.90 Å². The number of rotatable bonds is 6. The quantitative estimate of drug-likeness (QED) is 0.604. The lowest BCUT2D eigenvalue weighted by Crippen LogP contribution is -2.18. The van der Waals surface area contributed by atoms with Crippen LogP contribution >= 0.6 is 11.8 Å². The van der Waals surface area contributed by atoms with Crippen molar-refractivity contribution in [2.24, 2.45) is 0 Å². The number of methoxy groups -OCH3 is 1. The van der Waals surface area contributed by atoms with E-state index in [1.807, 2.05) is 7.05 Å². The van der Waals surface area contributed by atoms with E-state index < -0.39 is 5.97 Å². The summed E-state index contributed by atoms with van der Waals surface area (Å²) in [6, 6.07) is 10.3. The standard InChI is InChI=1S/C16H19NO3S/c1-17(10-12-4-6-14(21-3)7-5-12)11-13-8-9-20-15(13)16(18)19-2/h4-9H,10-11H2,1-3H3. The Hall–Kier alpha value is -1.72. The minimum Gasteiger partial charge on any atom is -0.463 e. The molecule has 0 spiro atoms. The van der Waals surface area contributed by atoms with Gasteiger partial charge in [-0.1, -0.05) is 12.1 Å². The van der Waals surface area contributed by atoms with Gasteiger partial charge >= 0.3 is 5.97 Å². The molecule has 21 heavy (non-hydrogen) atoms. The fourth-order valence-corrected chi connectivity index (χ4v) is 2.53. The van der Waals surface area contributed by atoms with Gasteiger partial charge in [0, 0.05) is 23.5 Å². The third-order valence-electron chi connectivity index (χ3n) is 3.17. The molecule has 1 aromatic carbocycles. The third-order valence-corrected chi connectivity index (χ3v) is 3.91. The van der Waals surface area contributed by atoms with Gasteiger partial charge < -0.3 is 9.15 Å². The predicted octanol–water partition coefficient (Wildman–Crippen LogP) is 3.42. The Morgan fingerprint density at radius 3 is 2.57 bits per heavy atom. The predicted molar refractivity (Wildman–Crippen MR) is 83.4 cm³/mol. The summed E-state index contributed by atoms with van der Waals surface area (Å²) in [4.78, 5) is 15.0. The van der Waals surface area contributed by atoms with Crippen LogP contribution in [0.25, 0.3) is 0 Å². The fraction of sp³-hybridized carbons (Fsp3) is 0.312. The molecule has 0 aliphatic heterocycles. The van der Waals surface area contributed by atoms with Gasteiger partial charge in [0.15, 0.2) is 0 Å². The van der Waals surface area contributed by atoms with Crippen molar-refractivity contribution in [1.82, 2.24) is 4.90 Å². The van der Waals surface area contributed by atoms with Gasteiger partial charge in [0.2, 0.25) is 5.76 Å². The second-order valence-corrected chi connectivity index (χ2v) is 5.67. The molecule has 2 rings (SSSR count). The minimum atomic E-state index is -0.437. The molecule has 0 N–H and O–H groups in total. The molecule has 0 bridgehead atoms. The number of carbonyl (C=O) groups excluding carboxylic acids is 1. The van der Waals surface area contributed by atoms with Crippen LogP contribution in [0, 0.1) is 0 Å². The number of thioether (sulfide) groups is 1. The third kappa shape index (κ3) is 4.12. The Morgan fingerprint density at radius 2 is 1.95 bits per heavy atom. The lowest BCUT2D eigenvalue weighted by Gasteiger charge is -2.16. The Labute approximate surface area is 129 Å². The van der Waals surface area contributed by atoms with Crippen LogP contribution in [-0.2, 0) is 17.8 Å². The maximum atomic E-state index is 11.6. The van der Waals surface area contributed by atoms with Gasteiger partial charge in [-0.05, 0) is 37.1 Å². The van der Waals surface area contributed by atoms with E-state index in [0.29, 0.717) is 6.54 Å². The number of furan rings is 1. The van der Waals surface area contributed by atoms with Crippen LogP contribution in [-0.4, -0.2) is 31.3 Å². The molecule has 1 heterocycles. The van der Waals surface area contributed by atoms with Crippen molar-refractivity contribution < 1.29 is 13.9 Å². The largest absolute Gasteiger partial charge is 0.463 e. The summed E-state index contributed by atoms with van der Waals surface area (Å²) in [5.74, 6) is -0.158. The molecule has 1 aromatic heterocycles. The molecule has 0 atom stereocenters. The molecule has 0 aliphatic carbocycles. The zero-order valence-electron chi connectivity index (χ0n) is 12.5. The SMILES string of the molecule is COC(=O)c1occc1CN(C)Cc1ccc(SC)cc1. The van der Waals surface area contributed by atoms with Crippen molar-refractivity contribution in [3.8, 4) is 0 Å². The van der Waals surface area contributed by atoms with Crippen LogP contribution in [0.3, 0.4) is 0 Å². The van der Waals surface area contributed by atoms with E-state index in [0.717, 1.165) is 12.1 Å². The van der Waals surface area contributed by atoms with Crippen LogP contribution in [0.5, 0.6) is 0 Å². The lowest BCUT2D eigenvalue weighted by atomic mass is 10.2. The first-order valence-corrected chi connectivity index (χ1v) is 7.82. The van der Waals surface area contributed by atoms with Crippen molar-refractivity contribution in [2.75, 3.05) is 20.4 Å². The highest BCUT2D eigenvalue weighted by Crippen LogP contribution is 2.18. The summed E-state index contributed by atoms with van der Waals surface area (Å²) >= 11 is 1.73. The second-order valence-electron chi connectivity index (χ2n) is 4.79. The molecule has 0 unspecified atom stereocenters. The molecule has 112 valence electrons. The summed E-state index contributed by atoms with van der Waals surface area (Å²) in [6.07, 6.45) is 3.58. The fourth-order valence-electron chi connectivity index (χ4n) is 2.12. The number of benzene rings is 1. The normalized spacial score (nSPS) is 10.9. The van der Waals surface area contributed by atoms with Crippen LogP contribution in [0.2, 0.25) is 0 Å². The Balaban J connectivity index is 1.99. The van der Waals surface area contributed by atoms with E-state index in [9.17, 15) is 4.79 Å². The number of carbonyl (C=O) groups is 1. The van der Waals surface area contributed by atoms with E-state index in [2.05, 4.69) is 35.4 Å². The van der Waals surface area contributed by atoms with E-state index in [4.69, 9.17) is 9.15 Å². The van der Waals surface area contributed by atoms with Crippen LogP contribution < -0.4 is 0 Å². The molecule has 5 heteroatoms. The van der Waals surface area contributed by atoms with Crippen molar-refractivity contribution in [3.63, 3.8) is 0 Å². The number of hydrogen-bond acceptors (Lipinski definition) is 5. The molecule has 4 nitrogen and oxygen atoms in total. The number of hydrogen-bond donors (Lipinski definition) is 0. The molecular weight excluding hydrogens is 286 g/mol. The van der Waals surface area contributed by atoms with Crippen LogP contribution in [0.1, 0.15) is 21.7 Å². The molecule has 0 radical (unpaired) electrons. The average molecular weight is 305 g/mol. The van der Waals surface area contributed by atoms with Gasteiger partial charge in [-0.25, -0.2) is 4.79 Å². The van der Waals surface area contributed by atoms with Gasteiger partial charge in [0.25, 0.3) is 0 Å². The molecule has 0 fully saturated rings. The summed E-state index contributed by atoms with van der Waals surface area (Å²) < 4.78 is 9.90. The average Bonchev–Trinajstić information content (AvgIpc) is 2.95. The Kier molecular flexibility index (Phi) is 5.47. The van der Waals surface area contributed by atoms with Gasteiger partial charge in [0.05, 0.1) is 13.4 Å². The van der Waals surface area contributed by atoms with Gasteiger partial charge in [0.1, 0.15) is 0 Å². The number of ether oxygens (including phenoxy) is 1. The first kappa shape index (κ1) is 15.7. The molecule has 0 saturated carbocycles. The maximum absolute atomic E-state index is 11.6. The van der Waals surface area contributed by atoms with E-state index in [1.54, 1.807) is 17.8 Å². The highest BCUT2D eigenvalue weighted by atomic mass is 32.2. The minimum absolute atomic E-state index is 0.280. The highest BCUT2D eigenvalue weighted by Gasteiger charge is 2.16. The van der Waals surface area contributed by atoms with Crippen molar-refractivity contribution in [3.05, 3.63) is 53.5 Å². The molecule has 0 amide bonds. The van der Waals surface area contributed by atoms with Crippen molar-refractivity contribution in [1.29, 1.82) is 0 Å². The lowest BCUT2D eigenvalue weighted by molar-refractivity contribution is 0.0562. The van der Waals surface area contributed by atoms with Crippen LogP contribution in [0.15, 0.2) is 45.9 Å². The maximum Gasteiger partial charge on any atom is 0.374 e. The number of esters is 1. The van der Waals surface area contributed by atoms with E-state index in [-0.39, 0.29) is 5.76 Å². The summed E-state index contributed by atoms with van der Waals surface area (Å²) in [7, 11) is 3.36. The summed E-state index contributed by atoms with van der Waals surface area (Å²) in [5, 5.41) is 0. The topological polar surface area (TPSA) is 42.7 Å². The Bertz CT molecular complexity index is 592. The van der Waals surface area contributed by atoms with E-state index >= 15 is 0 Å². The van der Waals surface area contributed by atoms with Crippen LogP contribution in [0.4, 0.5) is 0 Å². The zero-order chi connectivity index (χ0) is 15.2. The first-order chi connectivity index (χ1) is 10.1. The monoisotopic (exact) mass is 305 g/mol. The molecule has 0 aliphatic rings. The highest BCUT2D eigenvalue weighted by molar-refractivity contribution is 7.98. The summed E-state index contributed by atoms with van der Waals surface area (Å²) in [5.41, 5.74) is 2.07. The number of nitrogens with zero attached hydrogens (tertiary/aromatic N) is 1. The molecule has 2 aromatic rings. The van der Waals surface area contributed by atoms with Crippen molar-refractivity contribution in [2.45, 2.75) is 18.0 Å². The van der Waals surface area contributed by atoms with Gasteiger partial charge in [-0.2, -0.15) is 0 Å². The smallest absolute Gasteiger partial charge is 0.374 e. The molecular formula is C16H19NO3S. The second kappa shape index (κ2) is 7.33. The summed E-state index contributed by atoms with van der Waals surface area (Å²) in [6.45, 7) is 1.44. The first-order valence-electron chi connectivity index (χ1n) is 6.60. The van der Waals surface area contributed by atoms with Gasteiger partial charge in [-0.15, -0.1) is 11.8 Å². The van der Waals surface area contributed by atoms with E-state index in [1.165, 1.54) is 23.8 Å².